The Morgan fingerprint density at radius 3 is 2.63 bits per heavy atom. The third kappa shape index (κ3) is 1.75. The molecule has 2 saturated carbocycles. The van der Waals surface area contributed by atoms with Crippen LogP contribution in [-0.4, -0.2) is 11.6 Å². The second kappa shape index (κ2) is 4.29. The molecule has 0 heterocycles. The third-order valence-electron chi connectivity index (χ3n) is 6.35. The Kier molecular flexibility index (Phi) is 2.95. The smallest absolute Gasteiger partial charge is 0.158 e. The topological polar surface area (TPSA) is 34.1 Å². The zero-order chi connectivity index (χ0) is 13.8. The van der Waals surface area contributed by atoms with Gasteiger partial charge in [-0.15, -0.1) is 0 Å². The van der Waals surface area contributed by atoms with Crippen LogP contribution in [0.25, 0.3) is 0 Å². The van der Waals surface area contributed by atoms with Gasteiger partial charge in [0.25, 0.3) is 0 Å². The standard InChI is InChI=1S/C17H24O2/c1-10-12-8-9-17(3)14(11(2)18)5-6-15(17)13(12)4-7-16(10)19/h13-15H,4-9H2,1-3H3. The molecule has 2 fully saturated rings. The minimum Gasteiger partial charge on any atom is -0.300 e. The predicted octanol–water partition coefficient (Wildman–Crippen LogP) is 3.70. The predicted molar refractivity (Wildman–Crippen MR) is 74.7 cm³/mol. The fraction of sp³-hybridized carbons (Fsp3) is 0.765. The number of ketones is 2. The molecule has 0 radical (unpaired) electrons. The molecular weight excluding hydrogens is 236 g/mol. The van der Waals surface area contributed by atoms with Gasteiger partial charge in [-0.3, -0.25) is 9.59 Å². The highest BCUT2D eigenvalue weighted by Gasteiger charge is 2.54. The largest absolute Gasteiger partial charge is 0.300 e. The van der Waals surface area contributed by atoms with Crippen molar-refractivity contribution in [3.05, 3.63) is 11.1 Å². The van der Waals surface area contributed by atoms with Gasteiger partial charge in [-0.05, 0) is 68.8 Å². The van der Waals surface area contributed by atoms with E-state index in [1.807, 2.05) is 6.92 Å². The Hall–Kier alpha value is -0.920. The number of allylic oxidation sites excluding steroid dienone is 2. The van der Waals surface area contributed by atoms with Crippen LogP contribution in [0.1, 0.15) is 59.3 Å². The van der Waals surface area contributed by atoms with Crippen molar-refractivity contribution in [1.29, 1.82) is 0 Å². The molecule has 3 aliphatic rings. The molecule has 0 bridgehead atoms. The summed E-state index contributed by atoms with van der Waals surface area (Å²) < 4.78 is 0. The lowest BCUT2D eigenvalue weighted by molar-refractivity contribution is -0.125. The fourth-order valence-corrected chi connectivity index (χ4v) is 5.28. The first-order valence-electron chi connectivity index (χ1n) is 7.68. The number of carbonyl (C=O) groups excluding carboxylic acids is 2. The molecule has 0 aromatic carbocycles. The first kappa shape index (κ1) is 13.1. The number of fused-ring (bicyclic) bond motifs is 3. The van der Waals surface area contributed by atoms with Crippen LogP contribution in [0.2, 0.25) is 0 Å². The van der Waals surface area contributed by atoms with Crippen molar-refractivity contribution in [1.82, 2.24) is 0 Å². The van der Waals surface area contributed by atoms with Crippen molar-refractivity contribution in [2.24, 2.45) is 23.2 Å². The van der Waals surface area contributed by atoms with Gasteiger partial charge in [0.05, 0.1) is 0 Å². The van der Waals surface area contributed by atoms with Crippen molar-refractivity contribution < 1.29 is 9.59 Å². The molecule has 0 amide bonds. The van der Waals surface area contributed by atoms with Crippen LogP contribution in [0, 0.1) is 23.2 Å². The van der Waals surface area contributed by atoms with E-state index in [2.05, 4.69) is 6.92 Å². The fourth-order valence-electron chi connectivity index (χ4n) is 5.28. The Morgan fingerprint density at radius 1 is 1.21 bits per heavy atom. The summed E-state index contributed by atoms with van der Waals surface area (Å²) in [5, 5.41) is 0. The first-order valence-corrected chi connectivity index (χ1v) is 7.68. The van der Waals surface area contributed by atoms with Gasteiger partial charge in [0, 0.05) is 12.3 Å². The lowest BCUT2D eigenvalue weighted by Crippen LogP contribution is -2.42. The van der Waals surface area contributed by atoms with Gasteiger partial charge in [-0.25, -0.2) is 0 Å². The maximum Gasteiger partial charge on any atom is 0.158 e. The van der Waals surface area contributed by atoms with E-state index in [9.17, 15) is 9.59 Å². The Bertz CT molecular complexity index is 474. The van der Waals surface area contributed by atoms with Gasteiger partial charge in [0.2, 0.25) is 0 Å². The number of Topliss-reactive ketones (excluding diaryl/α,β-unsaturated/α-hetero) is 2. The molecule has 19 heavy (non-hydrogen) atoms. The zero-order valence-electron chi connectivity index (χ0n) is 12.3. The van der Waals surface area contributed by atoms with Crippen LogP contribution >= 0.6 is 0 Å². The van der Waals surface area contributed by atoms with Crippen LogP contribution in [0.4, 0.5) is 0 Å². The molecule has 4 unspecified atom stereocenters. The van der Waals surface area contributed by atoms with Crippen molar-refractivity contribution in [2.45, 2.75) is 59.3 Å². The summed E-state index contributed by atoms with van der Waals surface area (Å²) in [6, 6.07) is 0. The minimum atomic E-state index is 0.195. The lowest BCUT2D eigenvalue weighted by Gasteiger charge is -2.47. The number of hydrogen-bond acceptors (Lipinski definition) is 2. The Labute approximate surface area is 115 Å². The molecule has 4 atom stereocenters. The second-order valence-electron chi connectivity index (χ2n) is 7.07. The molecule has 104 valence electrons. The summed E-state index contributed by atoms with van der Waals surface area (Å²) >= 11 is 0. The normalized spacial score (nSPS) is 42.1. The highest BCUT2D eigenvalue weighted by atomic mass is 16.1. The molecule has 0 N–H and O–H groups in total. The van der Waals surface area contributed by atoms with E-state index in [0.717, 1.165) is 37.7 Å². The summed E-state index contributed by atoms with van der Waals surface area (Å²) in [6.07, 6.45) is 6.12. The van der Waals surface area contributed by atoms with E-state index in [-0.39, 0.29) is 11.3 Å². The summed E-state index contributed by atoms with van der Waals surface area (Å²) in [5.41, 5.74) is 2.67. The molecule has 0 aliphatic heterocycles. The van der Waals surface area contributed by atoms with Crippen LogP contribution in [0.3, 0.4) is 0 Å². The molecule has 0 aromatic heterocycles. The van der Waals surface area contributed by atoms with Gasteiger partial charge in [0.1, 0.15) is 5.78 Å². The summed E-state index contributed by atoms with van der Waals surface area (Å²) in [6.45, 7) is 6.11. The van der Waals surface area contributed by atoms with Crippen molar-refractivity contribution in [3.8, 4) is 0 Å². The average molecular weight is 260 g/mol. The van der Waals surface area contributed by atoms with Crippen LogP contribution in [0.15, 0.2) is 11.1 Å². The van der Waals surface area contributed by atoms with E-state index in [4.69, 9.17) is 0 Å². The number of hydrogen-bond donors (Lipinski definition) is 0. The van der Waals surface area contributed by atoms with E-state index in [1.165, 1.54) is 12.0 Å². The zero-order valence-corrected chi connectivity index (χ0v) is 12.3. The second-order valence-corrected chi connectivity index (χ2v) is 7.07. The van der Waals surface area contributed by atoms with Gasteiger partial charge >= 0.3 is 0 Å². The summed E-state index contributed by atoms with van der Waals surface area (Å²) in [7, 11) is 0. The van der Waals surface area contributed by atoms with Gasteiger partial charge in [-0.2, -0.15) is 0 Å². The van der Waals surface area contributed by atoms with Crippen LogP contribution in [0.5, 0.6) is 0 Å². The van der Waals surface area contributed by atoms with Gasteiger partial charge < -0.3 is 0 Å². The monoisotopic (exact) mass is 260 g/mol. The molecule has 2 nitrogen and oxygen atoms in total. The van der Waals surface area contributed by atoms with E-state index in [0.29, 0.717) is 23.4 Å². The van der Waals surface area contributed by atoms with E-state index < -0.39 is 0 Å². The lowest BCUT2D eigenvalue weighted by atomic mass is 9.56. The van der Waals surface area contributed by atoms with Crippen molar-refractivity contribution >= 4 is 11.6 Å². The maximum atomic E-state index is 11.9. The van der Waals surface area contributed by atoms with E-state index in [1.54, 1.807) is 6.92 Å². The summed E-state index contributed by atoms with van der Waals surface area (Å²) in [4.78, 5) is 23.8. The van der Waals surface area contributed by atoms with Crippen molar-refractivity contribution in [3.63, 3.8) is 0 Å². The van der Waals surface area contributed by atoms with Crippen molar-refractivity contribution in [2.75, 3.05) is 0 Å². The highest BCUT2D eigenvalue weighted by molar-refractivity contribution is 5.96. The minimum absolute atomic E-state index is 0.195. The maximum absolute atomic E-state index is 11.9. The van der Waals surface area contributed by atoms with Crippen LogP contribution in [-0.2, 0) is 9.59 Å². The first-order chi connectivity index (χ1) is 8.95. The molecule has 2 heteroatoms. The van der Waals surface area contributed by atoms with Gasteiger partial charge in [-0.1, -0.05) is 12.5 Å². The van der Waals surface area contributed by atoms with Gasteiger partial charge in [0.15, 0.2) is 5.78 Å². The Morgan fingerprint density at radius 2 is 1.95 bits per heavy atom. The molecule has 3 rings (SSSR count). The molecule has 0 spiro atoms. The average Bonchev–Trinajstić information content (AvgIpc) is 2.71. The third-order valence-corrected chi connectivity index (χ3v) is 6.35. The van der Waals surface area contributed by atoms with Crippen LogP contribution < -0.4 is 0 Å². The number of rotatable bonds is 1. The summed E-state index contributed by atoms with van der Waals surface area (Å²) in [5.74, 6) is 2.21. The highest BCUT2D eigenvalue weighted by Crippen LogP contribution is 2.61. The van der Waals surface area contributed by atoms with E-state index >= 15 is 0 Å². The molecule has 0 aromatic rings. The SMILES string of the molecule is CC(=O)C1CCC2C3CCC(=O)C(C)=C3CCC12C. The molecular formula is C17H24O2. The molecule has 0 saturated heterocycles. The number of carbonyl (C=O) groups is 2. The quantitative estimate of drug-likeness (QED) is 0.720. The Balaban J connectivity index is 1.97. The molecule has 3 aliphatic carbocycles.